The third-order valence-electron chi connectivity index (χ3n) is 2.07. The Bertz CT molecular complexity index is 127. The number of rotatable bonds is 3. The van der Waals surface area contributed by atoms with Crippen molar-refractivity contribution in [3.05, 3.63) is 11.6 Å². The van der Waals surface area contributed by atoms with E-state index in [1.807, 2.05) is 0 Å². The maximum atomic E-state index is 9.48. The van der Waals surface area contributed by atoms with Gasteiger partial charge in [-0.3, -0.25) is 0 Å². The standard InChI is InChI=1S/C9H16O/c1-2-5-9(10)8-6-3-4-7-8/h6,9-10H,2-5,7H2,1H3. The fraction of sp³-hybridized carbons (Fsp3) is 0.778. The zero-order valence-electron chi connectivity index (χ0n) is 6.64. The number of allylic oxidation sites excluding steroid dienone is 1. The molecule has 0 heterocycles. The highest BCUT2D eigenvalue weighted by Gasteiger charge is 2.12. The van der Waals surface area contributed by atoms with Gasteiger partial charge < -0.3 is 5.11 Å². The van der Waals surface area contributed by atoms with Gasteiger partial charge in [-0.05, 0) is 31.3 Å². The highest BCUT2D eigenvalue weighted by atomic mass is 16.3. The fourth-order valence-electron chi connectivity index (χ4n) is 1.46. The maximum Gasteiger partial charge on any atom is 0.0750 e. The Labute approximate surface area is 62.8 Å². The molecule has 0 aliphatic heterocycles. The van der Waals surface area contributed by atoms with Crippen molar-refractivity contribution in [1.82, 2.24) is 0 Å². The van der Waals surface area contributed by atoms with E-state index in [0.717, 1.165) is 19.3 Å². The second-order valence-electron chi connectivity index (χ2n) is 2.98. The minimum absolute atomic E-state index is 0.132. The van der Waals surface area contributed by atoms with Crippen LogP contribution in [0.2, 0.25) is 0 Å². The van der Waals surface area contributed by atoms with Crippen molar-refractivity contribution in [2.75, 3.05) is 0 Å². The molecule has 0 aromatic rings. The predicted octanol–water partition coefficient (Wildman–Crippen LogP) is 2.26. The molecule has 0 saturated heterocycles. The van der Waals surface area contributed by atoms with E-state index in [1.54, 1.807) is 0 Å². The summed E-state index contributed by atoms with van der Waals surface area (Å²) in [5.74, 6) is 0. The van der Waals surface area contributed by atoms with Crippen LogP contribution in [0, 0.1) is 0 Å². The average Bonchev–Trinajstić information content (AvgIpc) is 2.38. The van der Waals surface area contributed by atoms with Crippen LogP contribution in [-0.2, 0) is 0 Å². The summed E-state index contributed by atoms with van der Waals surface area (Å²) in [6.07, 6.45) is 7.63. The Balaban J connectivity index is 2.32. The van der Waals surface area contributed by atoms with Crippen LogP contribution in [0.15, 0.2) is 11.6 Å². The second-order valence-corrected chi connectivity index (χ2v) is 2.98. The molecule has 0 fully saturated rings. The third-order valence-corrected chi connectivity index (χ3v) is 2.07. The van der Waals surface area contributed by atoms with Gasteiger partial charge in [-0.1, -0.05) is 19.4 Å². The van der Waals surface area contributed by atoms with Gasteiger partial charge in [0.1, 0.15) is 0 Å². The van der Waals surface area contributed by atoms with Gasteiger partial charge in [0.05, 0.1) is 6.10 Å². The van der Waals surface area contributed by atoms with E-state index in [4.69, 9.17) is 0 Å². The fourth-order valence-corrected chi connectivity index (χ4v) is 1.46. The molecule has 0 aromatic heterocycles. The van der Waals surface area contributed by atoms with E-state index in [1.165, 1.54) is 18.4 Å². The molecule has 0 spiro atoms. The van der Waals surface area contributed by atoms with Gasteiger partial charge in [-0.25, -0.2) is 0 Å². The molecule has 1 unspecified atom stereocenters. The van der Waals surface area contributed by atoms with Gasteiger partial charge in [-0.15, -0.1) is 0 Å². The lowest BCUT2D eigenvalue weighted by Gasteiger charge is -2.09. The molecule has 1 rings (SSSR count). The highest BCUT2D eigenvalue weighted by molar-refractivity contribution is 5.12. The average molecular weight is 140 g/mol. The number of hydrogen-bond acceptors (Lipinski definition) is 1. The van der Waals surface area contributed by atoms with Crippen LogP contribution in [0.5, 0.6) is 0 Å². The molecular weight excluding hydrogens is 124 g/mol. The van der Waals surface area contributed by atoms with Crippen molar-refractivity contribution in [3.8, 4) is 0 Å². The van der Waals surface area contributed by atoms with Crippen molar-refractivity contribution >= 4 is 0 Å². The summed E-state index contributed by atoms with van der Waals surface area (Å²) >= 11 is 0. The smallest absolute Gasteiger partial charge is 0.0750 e. The Morgan fingerprint density at radius 2 is 2.50 bits per heavy atom. The van der Waals surface area contributed by atoms with E-state index in [-0.39, 0.29) is 6.10 Å². The van der Waals surface area contributed by atoms with Gasteiger partial charge in [0.2, 0.25) is 0 Å². The van der Waals surface area contributed by atoms with Crippen molar-refractivity contribution in [2.45, 2.75) is 45.1 Å². The summed E-state index contributed by atoms with van der Waals surface area (Å²) in [6, 6.07) is 0. The summed E-state index contributed by atoms with van der Waals surface area (Å²) in [7, 11) is 0. The number of aliphatic hydroxyl groups excluding tert-OH is 1. The molecule has 0 aromatic carbocycles. The Morgan fingerprint density at radius 3 is 3.00 bits per heavy atom. The monoisotopic (exact) mass is 140 g/mol. The second kappa shape index (κ2) is 3.77. The summed E-state index contributed by atoms with van der Waals surface area (Å²) in [5, 5.41) is 9.48. The van der Waals surface area contributed by atoms with Crippen LogP contribution >= 0.6 is 0 Å². The quantitative estimate of drug-likeness (QED) is 0.596. The lowest BCUT2D eigenvalue weighted by Crippen LogP contribution is -2.07. The predicted molar refractivity (Wildman–Crippen MR) is 42.8 cm³/mol. The van der Waals surface area contributed by atoms with Crippen molar-refractivity contribution in [3.63, 3.8) is 0 Å². The molecule has 0 saturated carbocycles. The first-order chi connectivity index (χ1) is 4.84. The molecule has 0 amide bonds. The van der Waals surface area contributed by atoms with Crippen LogP contribution in [0.25, 0.3) is 0 Å². The van der Waals surface area contributed by atoms with E-state index in [2.05, 4.69) is 13.0 Å². The SMILES string of the molecule is CCCC(O)C1=CCCC1. The minimum Gasteiger partial charge on any atom is -0.389 e. The van der Waals surface area contributed by atoms with Gasteiger partial charge in [0.15, 0.2) is 0 Å². The molecule has 10 heavy (non-hydrogen) atoms. The van der Waals surface area contributed by atoms with Crippen LogP contribution in [0.4, 0.5) is 0 Å². The Morgan fingerprint density at radius 1 is 1.70 bits per heavy atom. The summed E-state index contributed by atoms with van der Waals surface area (Å²) in [4.78, 5) is 0. The summed E-state index contributed by atoms with van der Waals surface area (Å²) in [5.41, 5.74) is 1.28. The summed E-state index contributed by atoms with van der Waals surface area (Å²) in [6.45, 7) is 2.11. The molecule has 1 aliphatic rings. The lowest BCUT2D eigenvalue weighted by atomic mass is 10.1. The van der Waals surface area contributed by atoms with E-state index in [9.17, 15) is 5.11 Å². The number of aliphatic hydroxyl groups is 1. The van der Waals surface area contributed by atoms with Crippen LogP contribution in [0.3, 0.4) is 0 Å². The first-order valence-electron chi connectivity index (χ1n) is 4.21. The Kier molecular flexibility index (Phi) is 2.94. The molecule has 58 valence electrons. The van der Waals surface area contributed by atoms with Gasteiger partial charge >= 0.3 is 0 Å². The molecule has 1 atom stereocenters. The van der Waals surface area contributed by atoms with Gasteiger partial charge in [-0.2, -0.15) is 0 Å². The lowest BCUT2D eigenvalue weighted by molar-refractivity contribution is 0.196. The zero-order valence-corrected chi connectivity index (χ0v) is 6.64. The van der Waals surface area contributed by atoms with E-state index >= 15 is 0 Å². The largest absolute Gasteiger partial charge is 0.389 e. The maximum absolute atomic E-state index is 9.48. The van der Waals surface area contributed by atoms with E-state index in [0.29, 0.717) is 0 Å². The highest BCUT2D eigenvalue weighted by Crippen LogP contribution is 2.22. The first kappa shape index (κ1) is 7.80. The van der Waals surface area contributed by atoms with Gasteiger partial charge in [0.25, 0.3) is 0 Å². The molecule has 1 heteroatoms. The molecule has 1 N–H and O–H groups in total. The molecule has 1 nitrogen and oxygen atoms in total. The first-order valence-corrected chi connectivity index (χ1v) is 4.21. The van der Waals surface area contributed by atoms with Crippen molar-refractivity contribution < 1.29 is 5.11 Å². The van der Waals surface area contributed by atoms with Crippen LogP contribution in [-0.4, -0.2) is 11.2 Å². The third kappa shape index (κ3) is 1.84. The van der Waals surface area contributed by atoms with Crippen molar-refractivity contribution in [2.24, 2.45) is 0 Å². The van der Waals surface area contributed by atoms with E-state index < -0.39 is 0 Å². The van der Waals surface area contributed by atoms with Crippen LogP contribution < -0.4 is 0 Å². The molecule has 0 radical (unpaired) electrons. The zero-order chi connectivity index (χ0) is 7.40. The molecule has 1 aliphatic carbocycles. The van der Waals surface area contributed by atoms with Crippen molar-refractivity contribution in [1.29, 1.82) is 0 Å². The number of hydrogen-bond donors (Lipinski definition) is 1. The topological polar surface area (TPSA) is 20.2 Å². The van der Waals surface area contributed by atoms with Crippen LogP contribution in [0.1, 0.15) is 39.0 Å². The van der Waals surface area contributed by atoms with Gasteiger partial charge in [0, 0.05) is 0 Å². The normalized spacial score (nSPS) is 20.8. The minimum atomic E-state index is -0.132. The molecular formula is C9H16O. The Hall–Kier alpha value is -0.300. The summed E-state index contributed by atoms with van der Waals surface area (Å²) < 4.78 is 0. The molecule has 0 bridgehead atoms.